The smallest absolute Gasteiger partial charge is 0.323 e. The fraction of sp³-hybridized carbons (Fsp3) is 0.529. The van der Waals surface area contributed by atoms with Crippen molar-refractivity contribution in [2.24, 2.45) is 0 Å². The molecule has 1 saturated heterocycles. The number of carbonyl (C=O) groups is 2. The topological polar surface area (TPSA) is 66.8 Å². The van der Waals surface area contributed by atoms with Crippen molar-refractivity contribution >= 4 is 35.4 Å². The second kappa shape index (κ2) is 9.22. The van der Waals surface area contributed by atoms with Gasteiger partial charge in [0, 0.05) is 6.04 Å². The number of hydrogen-bond donors (Lipinski definition) is 1. The highest BCUT2D eigenvalue weighted by atomic mass is 32.2. The molecule has 0 aliphatic carbocycles. The van der Waals surface area contributed by atoms with Crippen molar-refractivity contribution in [2.75, 3.05) is 24.7 Å². The van der Waals surface area contributed by atoms with Crippen molar-refractivity contribution in [3.63, 3.8) is 0 Å². The number of amides is 1. The van der Waals surface area contributed by atoms with Crippen LogP contribution >= 0.6 is 23.5 Å². The van der Waals surface area contributed by atoms with Crippen LogP contribution in [-0.2, 0) is 9.59 Å². The highest BCUT2D eigenvalue weighted by molar-refractivity contribution is 8.16. The monoisotopic (exact) mass is 369 g/mol. The van der Waals surface area contributed by atoms with Crippen LogP contribution in [0.3, 0.4) is 0 Å². The van der Waals surface area contributed by atoms with Crippen molar-refractivity contribution in [2.45, 2.75) is 30.9 Å². The number of nitrogens with zero attached hydrogens (tertiary/aromatic N) is 1. The third kappa shape index (κ3) is 5.63. The molecule has 1 aromatic rings. The van der Waals surface area contributed by atoms with E-state index in [1.807, 2.05) is 47.8 Å². The first-order valence-electron chi connectivity index (χ1n) is 7.94. The quantitative estimate of drug-likeness (QED) is 0.796. The summed E-state index contributed by atoms with van der Waals surface area (Å²) in [5, 5.41) is 8.88. The molecule has 0 spiro atoms. The number of thioether (sulfide) groups is 2. The molecule has 132 valence electrons. The van der Waals surface area contributed by atoms with Crippen LogP contribution in [0.1, 0.15) is 30.4 Å². The lowest BCUT2D eigenvalue weighted by atomic mass is 10.2. The predicted molar refractivity (Wildman–Crippen MR) is 98.7 cm³/mol. The molecule has 1 aliphatic heterocycles. The Labute approximate surface area is 151 Å². The van der Waals surface area contributed by atoms with Gasteiger partial charge in [0.1, 0.15) is 12.3 Å². The van der Waals surface area contributed by atoms with Gasteiger partial charge in [-0.1, -0.05) is 12.1 Å². The minimum atomic E-state index is -1.02. The average Bonchev–Trinajstić information content (AvgIpc) is 2.58. The van der Waals surface area contributed by atoms with Crippen LogP contribution < -0.4 is 4.74 Å². The van der Waals surface area contributed by atoms with Crippen molar-refractivity contribution in [3.8, 4) is 5.75 Å². The van der Waals surface area contributed by atoms with Gasteiger partial charge in [-0.25, -0.2) is 0 Å². The van der Waals surface area contributed by atoms with Crippen LogP contribution in [0.5, 0.6) is 5.75 Å². The maximum atomic E-state index is 12.1. The summed E-state index contributed by atoms with van der Waals surface area (Å²) >= 11 is 3.92. The van der Waals surface area contributed by atoms with Gasteiger partial charge in [-0.3, -0.25) is 9.59 Å². The molecule has 24 heavy (non-hydrogen) atoms. The summed E-state index contributed by atoms with van der Waals surface area (Å²) in [7, 11) is 0. The summed E-state index contributed by atoms with van der Waals surface area (Å²) < 4.78 is 6.00. The molecule has 0 bridgehead atoms. The summed E-state index contributed by atoms with van der Waals surface area (Å²) in [5.41, 5.74) is 1.26. The highest BCUT2D eigenvalue weighted by Crippen LogP contribution is 2.43. The first kappa shape index (κ1) is 19.0. The lowest BCUT2D eigenvalue weighted by Gasteiger charge is -2.25. The van der Waals surface area contributed by atoms with Gasteiger partial charge in [0.15, 0.2) is 6.61 Å². The number of hydrogen-bond acceptors (Lipinski definition) is 5. The first-order valence-corrected chi connectivity index (χ1v) is 10.0. The number of carboxylic acid groups (broad SMARTS) is 1. The third-order valence-electron chi connectivity index (χ3n) is 3.59. The van der Waals surface area contributed by atoms with Gasteiger partial charge in [0.25, 0.3) is 5.91 Å². The van der Waals surface area contributed by atoms with E-state index >= 15 is 0 Å². The largest absolute Gasteiger partial charge is 0.484 e. The van der Waals surface area contributed by atoms with Crippen molar-refractivity contribution in [3.05, 3.63) is 29.8 Å². The molecule has 0 radical (unpaired) electrons. The summed E-state index contributed by atoms with van der Waals surface area (Å²) in [6.07, 6.45) is 1.26. The summed E-state index contributed by atoms with van der Waals surface area (Å²) in [5.74, 6) is 1.66. The molecule has 0 atom stereocenters. The Balaban J connectivity index is 1.88. The van der Waals surface area contributed by atoms with E-state index in [1.165, 1.54) is 28.4 Å². The highest BCUT2D eigenvalue weighted by Gasteiger charge is 2.20. The fourth-order valence-corrected chi connectivity index (χ4v) is 5.23. The molecule has 7 heteroatoms. The van der Waals surface area contributed by atoms with Gasteiger partial charge >= 0.3 is 5.97 Å². The van der Waals surface area contributed by atoms with E-state index in [1.54, 1.807) is 13.8 Å². The Morgan fingerprint density at radius 2 is 1.88 bits per heavy atom. The zero-order valence-electron chi connectivity index (χ0n) is 13.9. The Bertz CT molecular complexity index is 556. The molecule has 2 rings (SSSR count). The second-order valence-electron chi connectivity index (χ2n) is 5.79. The number of carboxylic acids is 1. The molecule has 1 amide bonds. The molecule has 1 aromatic carbocycles. The Hall–Kier alpha value is -1.34. The van der Waals surface area contributed by atoms with E-state index in [2.05, 4.69) is 0 Å². The van der Waals surface area contributed by atoms with Crippen LogP contribution in [0.25, 0.3) is 0 Å². The number of carbonyl (C=O) groups excluding carboxylic acids is 1. The minimum absolute atomic E-state index is 0.155. The Morgan fingerprint density at radius 1 is 1.25 bits per heavy atom. The summed E-state index contributed by atoms with van der Waals surface area (Å²) in [6, 6.07) is 7.63. The number of rotatable bonds is 7. The van der Waals surface area contributed by atoms with Crippen molar-refractivity contribution in [1.82, 2.24) is 4.90 Å². The first-order chi connectivity index (χ1) is 11.5. The standard InChI is InChI=1S/C17H23NO4S2/c1-12(2)18(10-16(20)21)15(19)11-22-14-6-4-13(5-7-14)17-23-8-3-9-24-17/h4-7,12,17H,3,8-11H2,1-2H3,(H,20,21). The predicted octanol–water partition coefficient (Wildman–Crippen LogP) is 3.26. The van der Waals surface area contributed by atoms with Crippen molar-refractivity contribution in [1.29, 1.82) is 0 Å². The number of benzene rings is 1. The van der Waals surface area contributed by atoms with Gasteiger partial charge in [-0.2, -0.15) is 0 Å². The zero-order chi connectivity index (χ0) is 17.5. The molecule has 0 saturated carbocycles. The van der Waals surface area contributed by atoms with Crippen LogP contribution in [0.4, 0.5) is 0 Å². The van der Waals surface area contributed by atoms with E-state index in [4.69, 9.17) is 9.84 Å². The van der Waals surface area contributed by atoms with Gasteiger partial charge in [0.05, 0.1) is 4.58 Å². The zero-order valence-corrected chi connectivity index (χ0v) is 15.6. The fourth-order valence-electron chi connectivity index (χ4n) is 2.33. The minimum Gasteiger partial charge on any atom is -0.484 e. The Morgan fingerprint density at radius 3 is 2.42 bits per heavy atom. The van der Waals surface area contributed by atoms with Gasteiger partial charge in [0.2, 0.25) is 0 Å². The van der Waals surface area contributed by atoms with Gasteiger partial charge < -0.3 is 14.7 Å². The molecule has 5 nitrogen and oxygen atoms in total. The molecule has 1 aliphatic rings. The summed E-state index contributed by atoms with van der Waals surface area (Å²) in [4.78, 5) is 24.3. The molecule has 0 aromatic heterocycles. The molecule has 0 unspecified atom stereocenters. The molecular formula is C17H23NO4S2. The van der Waals surface area contributed by atoms with E-state index < -0.39 is 5.97 Å². The van der Waals surface area contributed by atoms with Crippen LogP contribution in [-0.4, -0.2) is 52.6 Å². The lowest BCUT2D eigenvalue weighted by molar-refractivity contribution is -0.146. The number of aliphatic carboxylic acids is 1. The maximum Gasteiger partial charge on any atom is 0.323 e. The van der Waals surface area contributed by atoms with Gasteiger partial charge in [-0.05, 0) is 49.5 Å². The summed E-state index contributed by atoms with van der Waals surface area (Å²) in [6.45, 7) is 3.11. The SMILES string of the molecule is CC(C)N(CC(=O)O)C(=O)COc1ccc(C2SCCCS2)cc1. The van der Waals surface area contributed by atoms with E-state index in [9.17, 15) is 9.59 Å². The van der Waals surface area contributed by atoms with E-state index in [0.717, 1.165) is 0 Å². The van der Waals surface area contributed by atoms with Crippen LogP contribution in [0.15, 0.2) is 24.3 Å². The average molecular weight is 370 g/mol. The maximum absolute atomic E-state index is 12.1. The molecule has 1 fully saturated rings. The second-order valence-corrected chi connectivity index (χ2v) is 8.52. The van der Waals surface area contributed by atoms with E-state index in [0.29, 0.717) is 10.3 Å². The number of ether oxygens (including phenoxy) is 1. The Kier molecular flexibility index (Phi) is 7.30. The molecule has 1 heterocycles. The van der Waals surface area contributed by atoms with Crippen LogP contribution in [0, 0.1) is 0 Å². The third-order valence-corrected chi connectivity index (χ3v) is 6.61. The van der Waals surface area contributed by atoms with Crippen LogP contribution in [0.2, 0.25) is 0 Å². The lowest BCUT2D eigenvalue weighted by Crippen LogP contribution is -2.43. The van der Waals surface area contributed by atoms with Crippen molar-refractivity contribution < 1.29 is 19.4 Å². The van der Waals surface area contributed by atoms with E-state index in [-0.39, 0.29) is 25.1 Å². The molecule has 1 N–H and O–H groups in total. The molecular weight excluding hydrogens is 346 g/mol. The normalized spacial score (nSPS) is 15.3. The van der Waals surface area contributed by atoms with Gasteiger partial charge in [-0.15, -0.1) is 23.5 Å².